The van der Waals surface area contributed by atoms with Crippen LogP contribution in [0.4, 0.5) is 10.5 Å². The summed E-state index contributed by atoms with van der Waals surface area (Å²) >= 11 is 0. The highest BCUT2D eigenvalue weighted by molar-refractivity contribution is 5.94. The zero-order chi connectivity index (χ0) is 24.2. The van der Waals surface area contributed by atoms with Crippen LogP contribution in [0.5, 0.6) is 0 Å². The van der Waals surface area contributed by atoms with Gasteiger partial charge in [0.1, 0.15) is 5.60 Å². The van der Waals surface area contributed by atoms with Crippen LogP contribution in [0.1, 0.15) is 57.8 Å². The summed E-state index contributed by atoms with van der Waals surface area (Å²) in [6, 6.07) is 8.69. The number of carbonyl (C=O) groups excluding carboxylic acids is 2. The van der Waals surface area contributed by atoms with E-state index in [9.17, 15) is 9.59 Å². The van der Waals surface area contributed by atoms with E-state index in [1.165, 1.54) is 5.69 Å². The molecule has 2 saturated heterocycles. The van der Waals surface area contributed by atoms with Crippen molar-refractivity contribution in [1.29, 1.82) is 0 Å². The van der Waals surface area contributed by atoms with Crippen LogP contribution < -0.4 is 4.90 Å². The SMILES string of the molecule is CC(C)N1CCN(c2ccc(C(=O)N3CCC(CN(C)C(=O)OC(C)(C)C)CC3)cc2)CC1. The molecule has 1 aromatic rings. The second-order valence-electron chi connectivity index (χ2n) is 10.8. The number of likely N-dealkylation sites (tertiary alicyclic amines) is 1. The standard InChI is InChI=1S/C26H42N4O3/c1-20(2)28-15-17-29(18-16-28)23-9-7-22(8-10-23)24(31)30-13-11-21(12-14-30)19-27(6)25(32)33-26(3,4)5/h7-10,20-21H,11-19H2,1-6H3. The van der Waals surface area contributed by atoms with Crippen LogP contribution in [0.15, 0.2) is 24.3 Å². The van der Waals surface area contributed by atoms with E-state index in [0.717, 1.165) is 57.7 Å². The van der Waals surface area contributed by atoms with Crippen molar-refractivity contribution < 1.29 is 14.3 Å². The molecule has 3 rings (SSSR count). The average molecular weight is 459 g/mol. The maximum Gasteiger partial charge on any atom is 0.410 e. The van der Waals surface area contributed by atoms with E-state index in [4.69, 9.17) is 4.74 Å². The molecule has 0 spiro atoms. The van der Waals surface area contributed by atoms with Gasteiger partial charge in [-0.15, -0.1) is 0 Å². The number of rotatable bonds is 5. The highest BCUT2D eigenvalue weighted by Gasteiger charge is 2.27. The largest absolute Gasteiger partial charge is 0.444 e. The van der Waals surface area contributed by atoms with Crippen molar-refractivity contribution in [2.24, 2.45) is 5.92 Å². The van der Waals surface area contributed by atoms with Crippen molar-refractivity contribution >= 4 is 17.7 Å². The number of nitrogens with zero attached hydrogens (tertiary/aromatic N) is 4. The number of hydrogen-bond donors (Lipinski definition) is 0. The fourth-order valence-electron chi connectivity index (χ4n) is 4.61. The van der Waals surface area contributed by atoms with Gasteiger partial charge in [0.15, 0.2) is 0 Å². The minimum Gasteiger partial charge on any atom is -0.444 e. The number of hydrogen-bond acceptors (Lipinski definition) is 5. The van der Waals surface area contributed by atoms with Gasteiger partial charge in [-0.25, -0.2) is 4.79 Å². The number of piperidine rings is 1. The molecular weight excluding hydrogens is 416 g/mol. The molecule has 33 heavy (non-hydrogen) atoms. The van der Waals surface area contributed by atoms with E-state index in [1.807, 2.05) is 37.8 Å². The topological polar surface area (TPSA) is 56.3 Å². The Hall–Kier alpha value is -2.28. The van der Waals surface area contributed by atoms with Crippen molar-refractivity contribution in [1.82, 2.24) is 14.7 Å². The molecule has 2 fully saturated rings. The molecule has 0 atom stereocenters. The van der Waals surface area contributed by atoms with Crippen LogP contribution in [-0.2, 0) is 4.74 Å². The van der Waals surface area contributed by atoms with Crippen LogP contribution in [0, 0.1) is 5.92 Å². The Balaban J connectivity index is 1.46. The molecule has 2 aliphatic heterocycles. The lowest BCUT2D eigenvalue weighted by molar-refractivity contribution is 0.0246. The van der Waals surface area contributed by atoms with E-state index >= 15 is 0 Å². The summed E-state index contributed by atoms with van der Waals surface area (Å²) in [5.74, 6) is 0.489. The van der Waals surface area contributed by atoms with Gasteiger partial charge in [-0.2, -0.15) is 0 Å². The first kappa shape index (κ1) is 25.3. The molecule has 184 valence electrons. The molecule has 2 aliphatic rings. The molecule has 0 saturated carbocycles. The highest BCUT2D eigenvalue weighted by atomic mass is 16.6. The second-order valence-corrected chi connectivity index (χ2v) is 10.8. The molecule has 0 aliphatic carbocycles. The maximum atomic E-state index is 13.0. The van der Waals surface area contributed by atoms with Crippen LogP contribution in [-0.4, -0.2) is 91.2 Å². The third-order valence-corrected chi connectivity index (χ3v) is 6.66. The Morgan fingerprint density at radius 3 is 2.09 bits per heavy atom. The van der Waals surface area contributed by atoms with Crippen molar-refractivity contribution in [3.05, 3.63) is 29.8 Å². The van der Waals surface area contributed by atoms with Gasteiger partial charge in [-0.1, -0.05) is 0 Å². The quantitative estimate of drug-likeness (QED) is 0.669. The summed E-state index contributed by atoms with van der Waals surface area (Å²) in [5, 5.41) is 0. The Kier molecular flexibility index (Phi) is 8.27. The lowest BCUT2D eigenvalue weighted by Gasteiger charge is -2.38. The van der Waals surface area contributed by atoms with Crippen LogP contribution >= 0.6 is 0 Å². The summed E-state index contributed by atoms with van der Waals surface area (Å²) in [6.07, 6.45) is 1.51. The molecule has 2 amide bonds. The smallest absolute Gasteiger partial charge is 0.410 e. The van der Waals surface area contributed by atoms with Gasteiger partial charge in [-0.05, 0) is 77.6 Å². The van der Waals surface area contributed by atoms with Crippen molar-refractivity contribution in [3.63, 3.8) is 0 Å². The highest BCUT2D eigenvalue weighted by Crippen LogP contribution is 2.23. The summed E-state index contributed by atoms with van der Waals surface area (Å²) in [6.45, 7) is 16.5. The van der Waals surface area contributed by atoms with Gasteiger partial charge in [0.25, 0.3) is 5.91 Å². The fourth-order valence-corrected chi connectivity index (χ4v) is 4.61. The van der Waals surface area contributed by atoms with Gasteiger partial charge in [0, 0.05) is 70.2 Å². The molecule has 2 heterocycles. The molecule has 7 heteroatoms. The van der Waals surface area contributed by atoms with E-state index in [1.54, 1.807) is 11.9 Å². The predicted octanol–water partition coefficient (Wildman–Crippen LogP) is 3.94. The van der Waals surface area contributed by atoms with E-state index in [0.29, 0.717) is 18.5 Å². The van der Waals surface area contributed by atoms with Gasteiger partial charge in [0.05, 0.1) is 0 Å². The Morgan fingerprint density at radius 2 is 1.58 bits per heavy atom. The Morgan fingerprint density at radius 1 is 1.00 bits per heavy atom. The summed E-state index contributed by atoms with van der Waals surface area (Å²) in [4.78, 5) is 33.7. The first-order chi connectivity index (χ1) is 15.5. The van der Waals surface area contributed by atoms with Gasteiger partial charge in [0.2, 0.25) is 0 Å². The minimum atomic E-state index is -0.487. The molecular formula is C26H42N4O3. The minimum absolute atomic E-state index is 0.102. The molecule has 0 N–H and O–H groups in total. The maximum absolute atomic E-state index is 13.0. The van der Waals surface area contributed by atoms with Crippen molar-refractivity contribution in [2.75, 3.05) is 57.8 Å². The Labute approximate surface area is 199 Å². The van der Waals surface area contributed by atoms with Gasteiger partial charge >= 0.3 is 6.09 Å². The third kappa shape index (κ3) is 7.10. The molecule has 0 aromatic heterocycles. The second kappa shape index (κ2) is 10.8. The summed E-state index contributed by atoms with van der Waals surface area (Å²) in [5.41, 5.74) is 1.46. The Bertz CT molecular complexity index is 787. The normalized spacial score (nSPS) is 18.5. The van der Waals surface area contributed by atoms with Gasteiger partial charge < -0.3 is 19.4 Å². The number of anilines is 1. The van der Waals surface area contributed by atoms with E-state index < -0.39 is 5.60 Å². The number of piperazine rings is 1. The lowest BCUT2D eigenvalue weighted by Crippen LogP contribution is -2.48. The van der Waals surface area contributed by atoms with Crippen LogP contribution in [0.2, 0.25) is 0 Å². The van der Waals surface area contributed by atoms with Gasteiger partial charge in [-0.3, -0.25) is 9.69 Å². The number of ether oxygens (including phenoxy) is 1. The molecule has 0 unspecified atom stereocenters. The molecule has 1 aromatic carbocycles. The lowest BCUT2D eigenvalue weighted by atomic mass is 9.96. The molecule has 0 bridgehead atoms. The number of benzene rings is 1. The fraction of sp³-hybridized carbons (Fsp3) is 0.692. The average Bonchev–Trinajstić information content (AvgIpc) is 2.78. The first-order valence-corrected chi connectivity index (χ1v) is 12.4. The zero-order valence-electron chi connectivity index (χ0n) is 21.3. The molecule has 0 radical (unpaired) electrons. The first-order valence-electron chi connectivity index (χ1n) is 12.4. The van der Waals surface area contributed by atoms with Crippen LogP contribution in [0.25, 0.3) is 0 Å². The van der Waals surface area contributed by atoms with E-state index in [-0.39, 0.29) is 12.0 Å². The third-order valence-electron chi connectivity index (χ3n) is 6.66. The van der Waals surface area contributed by atoms with Crippen LogP contribution in [0.3, 0.4) is 0 Å². The van der Waals surface area contributed by atoms with Crippen molar-refractivity contribution in [2.45, 2.75) is 59.1 Å². The number of amides is 2. The molecule has 7 nitrogen and oxygen atoms in total. The summed E-state index contributed by atoms with van der Waals surface area (Å²) < 4.78 is 5.44. The summed E-state index contributed by atoms with van der Waals surface area (Å²) in [7, 11) is 1.79. The predicted molar refractivity (Wildman–Crippen MR) is 133 cm³/mol. The van der Waals surface area contributed by atoms with Crippen molar-refractivity contribution in [3.8, 4) is 0 Å². The number of carbonyl (C=O) groups is 2. The zero-order valence-corrected chi connectivity index (χ0v) is 21.3. The van der Waals surface area contributed by atoms with E-state index in [2.05, 4.69) is 35.8 Å². The monoisotopic (exact) mass is 458 g/mol.